The van der Waals surface area contributed by atoms with Crippen molar-refractivity contribution in [2.75, 3.05) is 13.6 Å². The lowest BCUT2D eigenvalue weighted by Gasteiger charge is -2.16. The van der Waals surface area contributed by atoms with Gasteiger partial charge in [-0.3, -0.25) is 14.9 Å². The van der Waals surface area contributed by atoms with E-state index in [1.54, 1.807) is 12.1 Å². The number of nitrogens with one attached hydrogen (secondary N) is 1. The number of hydrogen-bond donors (Lipinski definition) is 1. The minimum atomic E-state index is -4.02. The number of sulfonamides is 1. The minimum absolute atomic E-state index is 0.135. The van der Waals surface area contributed by atoms with E-state index in [-0.39, 0.29) is 17.1 Å². The molecular formula is C14H15N3O6S. The van der Waals surface area contributed by atoms with E-state index in [0.717, 1.165) is 10.4 Å². The summed E-state index contributed by atoms with van der Waals surface area (Å²) in [6.07, 6.45) is 1.46. The van der Waals surface area contributed by atoms with Gasteiger partial charge >= 0.3 is 0 Å². The van der Waals surface area contributed by atoms with Gasteiger partial charge in [-0.05, 0) is 18.2 Å². The SMILES string of the molecule is CN(CC(=O)NCc1ccco1)S(=O)(=O)c1cccc([N+](=O)[O-])c1. The van der Waals surface area contributed by atoms with Crippen LogP contribution in [0.2, 0.25) is 0 Å². The first kappa shape index (κ1) is 17.6. The Labute approximate surface area is 138 Å². The smallest absolute Gasteiger partial charge is 0.270 e. The van der Waals surface area contributed by atoms with Crippen molar-refractivity contribution in [1.29, 1.82) is 0 Å². The lowest BCUT2D eigenvalue weighted by molar-refractivity contribution is -0.385. The second-order valence-corrected chi connectivity index (χ2v) is 6.92. The Morgan fingerprint density at radius 3 is 2.71 bits per heavy atom. The van der Waals surface area contributed by atoms with Crippen molar-refractivity contribution in [3.63, 3.8) is 0 Å². The molecular weight excluding hydrogens is 338 g/mol. The first-order chi connectivity index (χ1) is 11.3. The van der Waals surface area contributed by atoms with Gasteiger partial charge in [-0.15, -0.1) is 0 Å². The molecule has 0 aliphatic heterocycles. The first-order valence-corrected chi connectivity index (χ1v) is 8.24. The zero-order valence-electron chi connectivity index (χ0n) is 12.7. The molecule has 0 radical (unpaired) electrons. The molecule has 2 rings (SSSR count). The Bertz CT molecular complexity index is 832. The van der Waals surface area contributed by atoms with E-state index >= 15 is 0 Å². The van der Waals surface area contributed by atoms with Crippen LogP contribution in [-0.2, 0) is 21.4 Å². The predicted octanol–water partition coefficient (Wildman–Crippen LogP) is 1.12. The largest absolute Gasteiger partial charge is 0.467 e. The number of carbonyl (C=O) groups is 1. The fourth-order valence-electron chi connectivity index (χ4n) is 1.88. The van der Waals surface area contributed by atoms with E-state index in [0.29, 0.717) is 5.76 Å². The van der Waals surface area contributed by atoms with Crippen LogP contribution in [0.15, 0.2) is 52.0 Å². The molecule has 9 nitrogen and oxygen atoms in total. The molecule has 1 amide bonds. The molecule has 2 aromatic rings. The highest BCUT2D eigenvalue weighted by Gasteiger charge is 2.24. The molecule has 128 valence electrons. The maximum absolute atomic E-state index is 12.4. The van der Waals surface area contributed by atoms with E-state index in [1.807, 2.05) is 0 Å². The predicted molar refractivity (Wildman–Crippen MR) is 83.5 cm³/mol. The van der Waals surface area contributed by atoms with Crippen LogP contribution in [0.25, 0.3) is 0 Å². The molecule has 0 unspecified atom stereocenters. The Morgan fingerprint density at radius 2 is 2.08 bits per heavy atom. The van der Waals surface area contributed by atoms with Crippen molar-refractivity contribution in [1.82, 2.24) is 9.62 Å². The van der Waals surface area contributed by atoms with Crippen molar-refractivity contribution < 1.29 is 22.6 Å². The molecule has 0 bridgehead atoms. The van der Waals surface area contributed by atoms with E-state index in [4.69, 9.17) is 4.42 Å². The van der Waals surface area contributed by atoms with Crippen LogP contribution in [0, 0.1) is 10.1 Å². The van der Waals surface area contributed by atoms with Gasteiger partial charge in [-0.1, -0.05) is 6.07 Å². The number of nitro benzene ring substituents is 1. The molecule has 0 atom stereocenters. The van der Waals surface area contributed by atoms with Gasteiger partial charge < -0.3 is 9.73 Å². The van der Waals surface area contributed by atoms with Gasteiger partial charge in [0, 0.05) is 19.2 Å². The molecule has 24 heavy (non-hydrogen) atoms. The lowest BCUT2D eigenvalue weighted by atomic mass is 10.3. The van der Waals surface area contributed by atoms with Crippen LogP contribution in [0.1, 0.15) is 5.76 Å². The molecule has 1 heterocycles. The number of amides is 1. The number of non-ortho nitro benzene ring substituents is 1. The fraction of sp³-hybridized carbons (Fsp3) is 0.214. The molecule has 0 fully saturated rings. The van der Waals surface area contributed by atoms with Gasteiger partial charge in [-0.25, -0.2) is 8.42 Å². The van der Waals surface area contributed by atoms with Crippen LogP contribution < -0.4 is 5.32 Å². The van der Waals surface area contributed by atoms with Crippen LogP contribution in [0.3, 0.4) is 0 Å². The number of carbonyl (C=O) groups excluding carboxylic acids is 1. The number of likely N-dealkylation sites (N-methyl/N-ethyl adjacent to an activating group) is 1. The van der Waals surface area contributed by atoms with Gasteiger partial charge in [0.1, 0.15) is 5.76 Å². The van der Waals surface area contributed by atoms with E-state index in [9.17, 15) is 23.3 Å². The van der Waals surface area contributed by atoms with Gasteiger partial charge in [0.15, 0.2) is 0 Å². The molecule has 1 aromatic carbocycles. The number of nitro groups is 1. The average molecular weight is 353 g/mol. The van der Waals surface area contributed by atoms with E-state index < -0.39 is 27.4 Å². The van der Waals surface area contributed by atoms with Crippen LogP contribution in [0.5, 0.6) is 0 Å². The topological polar surface area (TPSA) is 123 Å². The quantitative estimate of drug-likeness (QED) is 0.588. The summed E-state index contributed by atoms with van der Waals surface area (Å²) in [6.45, 7) is -0.289. The van der Waals surface area contributed by atoms with Crippen molar-refractivity contribution in [2.45, 2.75) is 11.4 Å². The Balaban J connectivity index is 2.04. The second kappa shape index (κ2) is 7.23. The van der Waals surface area contributed by atoms with E-state index in [1.165, 1.54) is 31.5 Å². The summed E-state index contributed by atoms with van der Waals surface area (Å²) in [5.74, 6) is 0.00968. The third kappa shape index (κ3) is 4.18. The summed E-state index contributed by atoms with van der Waals surface area (Å²) in [7, 11) is -2.79. The highest BCUT2D eigenvalue weighted by atomic mass is 32.2. The third-order valence-electron chi connectivity index (χ3n) is 3.14. The maximum atomic E-state index is 12.4. The summed E-state index contributed by atoms with van der Waals surface area (Å²) >= 11 is 0. The average Bonchev–Trinajstić information content (AvgIpc) is 3.06. The van der Waals surface area contributed by atoms with Gasteiger partial charge in [0.05, 0.1) is 29.2 Å². The molecule has 10 heteroatoms. The minimum Gasteiger partial charge on any atom is -0.467 e. The van der Waals surface area contributed by atoms with E-state index in [2.05, 4.69) is 5.32 Å². The highest BCUT2D eigenvalue weighted by Crippen LogP contribution is 2.19. The zero-order chi connectivity index (χ0) is 17.7. The first-order valence-electron chi connectivity index (χ1n) is 6.80. The Hall–Kier alpha value is -2.72. The molecule has 0 saturated carbocycles. The number of furan rings is 1. The number of nitrogens with zero attached hydrogens (tertiary/aromatic N) is 2. The van der Waals surface area contributed by atoms with Crippen molar-refractivity contribution in [3.8, 4) is 0 Å². The Morgan fingerprint density at radius 1 is 1.33 bits per heavy atom. The monoisotopic (exact) mass is 353 g/mol. The highest BCUT2D eigenvalue weighted by molar-refractivity contribution is 7.89. The standard InChI is InChI=1S/C14H15N3O6S/c1-16(10-14(18)15-9-12-5-3-7-23-12)24(21,22)13-6-2-4-11(8-13)17(19)20/h2-8H,9-10H2,1H3,(H,15,18). The lowest BCUT2D eigenvalue weighted by Crippen LogP contribution is -2.38. The van der Waals surface area contributed by atoms with Crippen LogP contribution in [-0.4, -0.2) is 37.1 Å². The normalized spacial score (nSPS) is 11.4. The van der Waals surface area contributed by atoms with Crippen molar-refractivity contribution >= 4 is 21.6 Å². The zero-order valence-corrected chi connectivity index (χ0v) is 13.5. The number of benzene rings is 1. The van der Waals surface area contributed by atoms with Crippen molar-refractivity contribution in [3.05, 3.63) is 58.5 Å². The Kier molecular flexibility index (Phi) is 5.31. The summed E-state index contributed by atoms with van der Waals surface area (Å²) in [4.78, 5) is 21.6. The maximum Gasteiger partial charge on any atom is 0.270 e. The third-order valence-corrected chi connectivity index (χ3v) is 4.94. The van der Waals surface area contributed by atoms with Crippen molar-refractivity contribution in [2.24, 2.45) is 0 Å². The number of hydrogen-bond acceptors (Lipinski definition) is 6. The molecule has 0 saturated heterocycles. The molecule has 0 aliphatic carbocycles. The molecule has 0 spiro atoms. The van der Waals surface area contributed by atoms with Crippen LogP contribution in [0.4, 0.5) is 5.69 Å². The van der Waals surface area contributed by atoms with Gasteiger partial charge in [-0.2, -0.15) is 4.31 Å². The van der Waals surface area contributed by atoms with Gasteiger partial charge in [0.25, 0.3) is 5.69 Å². The summed E-state index contributed by atoms with van der Waals surface area (Å²) in [6, 6.07) is 7.99. The fourth-order valence-corrected chi connectivity index (χ4v) is 3.05. The number of rotatable bonds is 7. The van der Waals surface area contributed by atoms with Gasteiger partial charge in [0.2, 0.25) is 15.9 Å². The second-order valence-electron chi connectivity index (χ2n) is 4.87. The molecule has 1 aromatic heterocycles. The summed E-state index contributed by atoms with van der Waals surface area (Å²) in [5.41, 5.74) is -0.341. The summed E-state index contributed by atoms with van der Waals surface area (Å²) < 4.78 is 30.6. The molecule has 0 aliphatic rings. The summed E-state index contributed by atoms with van der Waals surface area (Å²) in [5, 5.41) is 13.3. The molecule has 1 N–H and O–H groups in total. The van der Waals surface area contributed by atoms with Crippen LogP contribution >= 0.6 is 0 Å².